The van der Waals surface area contributed by atoms with E-state index in [-0.39, 0.29) is 16.7 Å². The molecule has 1 heterocycles. The molecule has 0 bridgehead atoms. The van der Waals surface area contributed by atoms with Crippen LogP contribution in [-0.2, 0) is 10.0 Å². The van der Waals surface area contributed by atoms with E-state index in [1.165, 1.54) is 17.5 Å². The maximum Gasteiger partial charge on any atom is 0.313 e. The van der Waals surface area contributed by atoms with E-state index >= 15 is 0 Å². The van der Waals surface area contributed by atoms with Gasteiger partial charge < -0.3 is 9.64 Å². The molecule has 0 atom stereocenters. The minimum absolute atomic E-state index is 0.0852. The van der Waals surface area contributed by atoms with E-state index in [1.54, 1.807) is 12.1 Å². The van der Waals surface area contributed by atoms with Gasteiger partial charge in [0.2, 0.25) is 15.8 Å². The van der Waals surface area contributed by atoms with Crippen LogP contribution >= 0.6 is 0 Å². The summed E-state index contributed by atoms with van der Waals surface area (Å²) in [5, 5.41) is 10.9. The summed E-state index contributed by atoms with van der Waals surface area (Å²) < 4.78 is 31.3. The highest BCUT2D eigenvalue weighted by Gasteiger charge is 2.41. The van der Waals surface area contributed by atoms with Crippen molar-refractivity contribution in [1.82, 2.24) is 4.31 Å². The number of hydrogen-bond acceptors (Lipinski definition) is 6. The number of hydrogen-bond donors (Lipinski definition) is 0. The summed E-state index contributed by atoms with van der Waals surface area (Å²) in [5.41, 5.74) is 0.545. The summed E-state index contributed by atoms with van der Waals surface area (Å²) in [5.74, 6) is 0.219. The third-order valence-corrected chi connectivity index (χ3v) is 6.66. The molecule has 0 spiro atoms. The number of methoxy groups -OCH3 is 1. The third-order valence-electron chi connectivity index (χ3n) is 4.26. The number of benzene rings is 1. The average molecular weight is 341 g/mol. The SMILES string of the molecule is COc1c(N2CCN(S(=O)(=O)C3CC3)CC2)cccc1[N+](=O)[O-]. The van der Waals surface area contributed by atoms with E-state index in [4.69, 9.17) is 4.74 Å². The molecule has 2 aliphatic rings. The van der Waals surface area contributed by atoms with Gasteiger partial charge in [0, 0.05) is 32.2 Å². The Kier molecular flexibility index (Phi) is 4.15. The number of anilines is 1. The lowest BCUT2D eigenvalue weighted by molar-refractivity contribution is -0.385. The maximum absolute atomic E-state index is 12.3. The van der Waals surface area contributed by atoms with Crippen molar-refractivity contribution < 1.29 is 18.1 Å². The number of nitro benzene ring substituents is 1. The van der Waals surface area contributed by atoms with Crippen LogP contribution < -0.4 is 9.64 Å². The Bertz CT molecular complexity index is 709. The summed E-state index contributed by atoms with van der Waals surface area (Å²) in [6, 6.07) is 4.77. The smallest absolute Gasteiger partial charge is 0.313 e. The lowest BCUT2D eigenvalue weighted by atomic mass is 10.2. The van der Waals surface area contributed by atoms with Crippen molar-refractivity contribution in [2.24, 2.45) is 0 Å². The van der Waals surface area contributed by atoms with Gasteiger partial charge in [-0.15, -0.1) is 0 Å². The Morgan fingerprint density at radius 3 is 2.39 bits per heavy atom. The van der Waals surface area contributed by atoms with Crippen LogP contribution in [-0.4, -0.2) is 56.2 Å². The molecule has 9 heteroatoms. The van der Waals surface area contributed by atoms with Gasteiger partial charge in [-0.3, -0.25) is 10.1 Å². The number of para-hydroxylation sites is 1. The van der Waals surface area contributed by atoms with E-state index in [0.29, 0.717) is 31.9 Å². The minimum Gasteiger partial charge on any atom is -0.489 e. The zero-order chi connectivity index (χ0) is 16.6. The molecule has 0 amide bonds. The normalized spacial score (nSPS) is 19.6. The highest BCUT2D eigenvalue weighted by atomic mass is 32.2. The topological polar surface area (TPSA) is 93.0 Å². The van der Waals surface area contributed by atoms with Crippen LogP contribution in [0.5, 0.6) is 5.75 Å². The first-order valence-corrected chi connectivity index (χ1v) is 9.00. The number of nitrogens with zero attached hydrogens (tertiary/aromatic N) is 3. The Hall–Kier alpha value is -1.87. The van der Waals surface area contributed by atoms with Gasteiger partial charge in [-0.2, -0.15) is 4.31 Å². The molecule has 1 aromatic carbocycles. The van der Waals surface area contributed by atoms with Crippen molar-refractivity contribution in [3.05, 3.63) is 28.3 Å². The van der Waals surface area contributed by atoms with Gasteiger partial charge in [-0.25, -0.2) is 8.42 Å². The average Bonchev–Trinajstić information content (AvgIpc) is 3.39. The number of nitro groups is 1. The summed E-state index contributed by atoms with van der Waals surface area (Å²) >= 11 is 0. The monoisotopic (exact) mass is 341 g/mol. The molecule has 1 saturated heterocycles. The first-order chi connectivity index (χ1) is 10.9. The minimum atomic E-state index is -3.16. The molecule has 1 saturated carbocycles. The van der Waals surface area contributed by atoms with Crippen molar-refractivity contribution in [1.29, 1.82) is 0 Å². The fraction of sp³-hybridized carbons (Fsp3) is 0.571. The van der Waals surface area contributed by atoms with Crippen LogP contribution in [0.25, 0.3) is 0 Å². The van der Waals surface area contributed by atoms with Gasteiger partial charge in [0.05, 0.1) is 23.0 Å². The van der Waals surface area contributed by atoms with E-state index in [2.05, 4.69) is 0 Å². The van der Waals surface area contributed by atoms with Gasteiger partial charge in [-0.1, -0.05) is 6.07 Å². The van der Waals surface area contributed by atoms with Crippen molar-refractivity contribution in [3.63, 3.8) is 0 Å². The van der Waals surface area contributed by atoms with Crippen LogP contribution in [0.15, 0.2) is 18.2 Å². The van der Waals surface area contributed by atoms with Crippen LogP contribution in [0.4, 0.5) is 11.4 Å². The summed E-state index contributed by atoms with van der Waals surface area (Å²) in [6.07, 6.45) is 1.50. The molecule has 1 aliphatic carbocycles. The van der Waals surface area contributed by atoms with Crippen molar-refractivity contribution in [2.75, 3.05) is 38.2 Å². The number of sulfonamides is 1. The summed E-state index contributed by atoms with van der Waals surface area (Å²) in [7, 11) is -1.76. The Morgan fingerprint density at radius 1 is 1.22 bits per heavy atom. The molecule has 8 nitrogen and oxygen atoms in total. The molecule has 0 radical (unpaired) electrons. The predicted molar refractivity (Wildman–Crippen MR) is 85.4 cm³/mol. The highest BCUT2D eigenvalue weighted by molar-refractivity contribution is 7.90. The third kappa shape index (κ3) is 2.98. The fourth-order valence-corrected chi connectivity index (χ4v) is 4.70. The maximum atomic E-state index is 12.3. The number of rotatable bonds is 5. The molecule has 2 fully saturated rings. The molecule has 126 valence electrons. The van der Waals surface area contributed by atoms with Crippen molar-refractivity contribution in [2.45, 2.75) is 18.1 Å². The second-order valence-corrected chi connectivity index (χ2v) is 7.93. The van der Waals surface area contributed by atoms with Crippen LogP contribution in [0.3, 0.4) is 0 Å². The molecule has 0 N–H and O–H groups in total. The molecule has 3 rings (SSSR count). The Balaban J connectivity index is 1.78. The zero-order valence-corrected chi connectivity index (χ0v) is 13.7. The highest BCUT2D eigenvalue weighted by Crippen LogP contribution is 2.38. The fourth-order valence-electron chi connectivity index (χ4n) is 2.88. The van der Waals surface area contributed by atoms with Crippen LogP contribution in [0.1, 0.15) is 12.8 Å². The van der Waals surface area contributed by atoms with Crippen LogP contribution in [0, 0.1) is 10.1 Å². The molecule has 0 aromatic heterocycles. The molecular formula is C14H19N3O5S. The molecule has 0 unspecified atom stereocenters. The van der Waals surface area contributed by atoms with Gasteiger partial charge in [-0.05, 0) is 18.9 Å². The van der Waals surface area contributed by atoms with Crippen LogP contribution in [0.2, 0.25) is 0 Å². The lowest BCUT2D eigenvalue weighted by Gasteiger charge is -2.35. The van der Waals surface area contributed by atoms with Gasteiger partial charge in [0.1, 0.15) is 0 Å². The van der Waals surface area contributed by atoms with E-state index in [1.807, 2.05) is 4.90 Å². The van der Waals surface area contributed by atoms with E-state index in [0.717, 1.165) is 12.8 Å². The summed E-state index contributed by atoms with van der Waals surface area (Å²) in [6.45, 7) is 1.77. The number of piperazine rings is 1. The standard InChI is InChI=1S/C14H19N3O5S/c1-22-14-12(3-2-4-13(14)17(18)19)15-7-9-16(10-8-15)23(20,21)11-5-6-11/h2-4,11H,5-10H2,1H3. The first kappa shape index (κ1) is 16.0. The van der Waals surface area contributed by atoms with Gasteiger partial charge in [0.15, 0.2) is 0 Å². The largest absolute Gasteiger partial charge is 0.489 e. The predicted octanol–water partition coefficient (Wildman–Crippen LogP) is 1.22. The lowest BCUT2D eigenvalue weighted by Crippen LogP contribution is -2.49. The molecular weight excluding hydrogens is 322 g/mol. The second-order valence-electron chi connectivity index (χ2n) is 5.72. The quantitative estimate of drug-likeness (QED) is 0.590. The molecule has 1 aromatic rings. The number of ether oxygens (including phenoxy) is 1. The van der Waals surface area contributed by atoms with E-state index < -0.39 is 14.9 Å². The van der Waals surface area contributed by atoms with E-state index in [9.17, 15) is 18.5 Å². The van der Waals surface area contributed by atoms with Gasteiger partial charge in [0.25, 0.3) is 0 Å². The first-order valence-electron chi connectivity index (χ1n) is 7.50. The van der Waals surface area contributed by atoms with Gasteiger partial charge >= 0.3 is 5.69 Å². The second kappa shape index (κ2) is 5.97. The zero-order valence-electron chi connectivity index (χ0n) is 12.8. The Labute approximate surface area is 134 Å². The Morgan fingerprint density at radius 2 is 1.87 bits per heavy atom. The summed E-state index contributed by atoms with van der Waals surface area (Å²) in [4.78, 5) is 12.6. The van der Waals surface area contributed by atoms with Crippen molar-refractivity contribution in [3.8, 4) is 5.75 Å². The molecule has 1 aliphatic heterocycles. The van der Waals surface area contributed by atoms with Crippen molar-refractivity contribution >= 4 is 21.4 Å². The molecule has 23 heavy (non-hydrogen) atoms.